The summed E-state index contributed by atoms with van der Waals surface area (Å²) in [5.41, 5.74) is 1.99. The number of nitrogens with zero attached hydrogens (tertiary/aromatic N) is 1. The van der Waals surface area contributed by atoms with Crippen LogP contribution in [0.1, 0.15) is 82.8 Å². The topological polar surface area (TPSA) is 67.9 Å². The summed E-state index contributed by atoms with van der Waals surface area (Å²) in [5.74, 6) is 0.0944. The van der Waals surface area contributed by atoms with Crippen LogP contribution in [0.15, 0.2) is 48.5 Å². The van der Waals surface area contributed by atoms with Crippen molar-refractivity contribution in [3.63, 3.8) is 0 Å². The van der Waals surface area contributed by atoms with Gasteiger partial charge in [-0.15, -0.1) is 0 Å². The molecular formula is C29H39BN2O4. The summed E-state index contributed by atoms with van der Waals surface area (Å²) in [6.07, 6.45) is 1.87. The molecule has 0 atom stereocenters. The molecular weight excluding hydrogens is 451 g/mol. The van der Waals surface area contributed by atoms with Crippen LogP contribution in [0, 0.1) is 5.92 Å². The van der Waals surface area contributed by atoms with Crippen LogP contribution in [0.5, 0.6) is 0 Å². The van der Waals surface area contributed by atoms with E-state index in [2.05, 4.69) is 5.32 Å². The smallest absolute Gasteiger partial charge is 0.399 e. The lowest BCUT2D eigenvalue weighted by atomic mass is 9.75. The van der Waals surface area contributed by atoms with E-state index in [1.54, 1.807) is 0 Å². The highest BCUT2D eigenvalue weighted by molar-refractivity contribution is 6.62. The second kappa shape index (κ2) is 9.68. The maximum Gasteiger partial charge on any atom is 0.495 e. The second-order valence-corrected chi connectivity index (χ2v) is 12.2. The molecule has 2 aliphatic rings. The first-order valence-corrected chi connectivity index (χ1v) is 12.9. The first kappa shape index (κ1) is 26.4. The van der Waals surface area contributed by atoms with Gasteiger partial charge in [0.2, 0.25) is 5.91 Å². The Morgan fingerprint density at radius 3 is 2.14 bits per heavy atom. The van der Waals surface area contributed by atoms with Gasteiger partial charge in [-0.05, 0) is 90.0 Å². The molecule has 1 saturated carbocycles. The van der Waals surface area contributed by atoms with Gasteiger partial charge in [0.05, 0.1) is 11.2 Å². The highest BCUT2D eigenvalue weighted by Gasteiger charge is 2.52. The van der Waals surface area contributed by atoms with Crippen LogP contribution in [0.3, 0.4) is 0 Å². The van der Waals surface area contributed by atoms with Crippen molar-refractivity contribution >= 4 is 24.4 Å². The highest BCUT2D eigenvalue weighted by atomic mass is 16.7. The van der Waals surface area contributed by atoms with Crippen molar-refractivity contribution in [3.05, 3.63) is 65.2 Å². The summed E-state index contributed by atoms with van der Waals surface area (Å²) >= 11 is 0. The molecule has 0 aromatic heterocycles. The molecule has 1 heterocycles. The van der Waals surface area contributed by atoms with Gasteiger partial charge in [-0.1, -0.05) is 36.4 Å². The van der Waals surface area contributed by atoms with E-state index in [-0.39, 0.29) is 23.3 Å². The van der Waals surface area contributed by atoms with E-state index in [1.165, 1.54) is 0 Å². The zero-order chi connectivity index (χ0) is 26.3. The molecule has 0 radical (unpaired) electrons. The predicted octanol–water partition coefficient (Wildman–Crippen LogP) is 4.45. The minimum atomic E-state index is -0.584. The fraction of sp³-hybridized carbons (Fsp3) is 0.517. The summed E-state index contributed by atoms with van der Waals surface area (Å²) in [6, 6.07) is 15.6. The molecule has 7 heteroatoms. The minimum Gasteiger partial charge on any atom is -0.399 e. The van der Waals surface area contributed by atoms with E-state index >= 15 is 0 Å². The van der Waals surface area contributed by atoms with Crippen LogP contribution in [0.25, 0.3) is 0 Å². The molecule has 36 heavy (non-hydrogen) atoms. The number of hydrogen-bond acceptors (Lipinski definition) is 4. The van der Waals surface area contributed by atoms with Gasteiger partial charge in [0.25, 0.3) is 5.91 Å². The van der Waals surface area contributed by atoms with E-state index in [4.69, 9.17) is 9.31 Å². The Hall–Kier alpha value is -2.64. The Bertz CT molecular complexity index is 1100. The lowest BCUT2D eigenvalue weighted by Crippen LogP contribution is -2.42. The third-order valence-corrected chi connectivity index (χ3v) is 7.22. The first-order chi connectivity index (χ1) is 16.8. The zero-order valence-corrected chi connectivity index (χ0v) is 22.7. The molecule has 4 rings (SSSR count). The number of nitrogens with one attached hydrogen (secondary N) is 1. The zero-order valence-electron chi connectivity index (χ0n) is 22.7. The van der Waals surface area contributed by atoms with Gasteiger partial charge in [-0.2, -0.15) is 0 Å². The largest absolute Gasteiger partial charge is 0.495 e. The van der Waals surface area contributed by atoms with Crippen molar-refractivity contribution in [1.82, 2.24) is 10.2 Å². The summed E-state index contributed by atoms with van der Waals surface area (Å²) in [5, 5.41) is 3.04. The van der Waals surface area contributed by atoms with Crippen molar-refractivity contribution in [2.75, 3.05) is 0 Å². The number of carbonyl (C=O) groups excluding carboxylic acids is 2. The van der Waals surface area contributed by atoms with Crippen LogP contribution >= 0.6 is 0 Å². The van der Waals surface area contributed by atoms with Crippen molar-refractivity contribution in [2.24, 2.45) is 5.92 Å². The number of amides is 2. The van der Waals surface area contributed by atoms with E-state index in [0.717, 1.165) is 29.4 Å². The minimum absolute atomic E-state index is 0.0846. The quantitative estimate of drug-likeness (QED) is 0.583. The average molecular weight is 490 g/mol. The second-order valence-electron chi connectivity index (χ2n) is 12.2. The number of benzene rings is 2. The molecule has 6 nitrogen and oxygen atoms in total. The Morgan fingerprint density at radius 2 is 1.58 bits per heavy atom. The monoisotopic (exact) mass is 490 g/mol. The standard InChI is InChI=1S/C29H39BN2O4/c1-27(2,3)31-25(33)22-15-16-24(30-35-28(4,5)29(6,7)36-30)23(17-22)19-32(26(34)21-13-14-21)18-20-11-9-8-10-12-20/h8-12,15-17,21H,13-14,18-19H2,1-7H3,(H,31,33). The van der Waals surface area contributed by atoms with Gasteiger partial charge in [-0.25, -0.2) is 0 Å². The molecule has 2 amide bonds. The van der Waals surface area contributed by atoms with E-state index < -0.39 is 18.3 Å². The maximum atomic E-state index is 13.3. The molecule has 0 bridgehead atoms. The number of rotatable bonds is 7. The lowest BCUT2D eigenvalue weighted by molar-refractivity contribution is -0.133. The molecule has 1 N–H and O–H groups in total. The molecule has 0 spiro atoms. The lowest BCUT2D eigenvalue weighted by Gasteiger charge is -2.32. The summed E-state index contributed by atoms with van der Waals surface area (Å²) < 4.78 is 12.7. The first-order valence-electron chi connectivity index (χ1n) is 12.9. The van der Waals surface area contributed by atoms with Crippen molar-refractivity contribution in [3.8, 4) is 0 Å². The Morgan fingerprint density at radius 1 is 0.972 bits per heavy atom. The highest BCUT2D eigenvalue weighted by Crippen LogP contribution is 2.37. The van der Waals surface area contributed by atoms with Gasteiger partial charge in [-0.3, -0.25) is 9.59 Å². The number of hydrogen-bond donors (Lipinski definition) is 1. The van der Waals surface area contributed by atoms with E-state index in [0.29, 0.717) is 18.7 Å². The third kappa shape index (κ3) is 6.01. The van der Waals surface area contributed by atoms with Crippen LogP contribution in [-0.4, -0.2) is 40.6 Å². The number of carbonyl (C=O) groups is 2. The fourth-order valence-corrected chi connectivity index (χ4v) is 4.31. The van der Waals surface area contributed by atoms with Crippen LogP contribution in [0.2, 0.25) is 0 Å². The molecule has 0 unspecified atom stereocenters. The molecule has 2 fully saturated rings. The van der Waals surface area contributed by atoms with Gasteiger partial charge >= 0.3 is 7.12 Å². The van der Waals surface area contributed by atoms with Crippen LogP contribution in [0.4, 0.5) is 0 Å². The van der Waals surface area contributed by atoms with Crippen molar-refractivity contribution in [1.29, 1.82) is 0 Å². The molecule has 1 aliphatic heterocycles. The Kier molecular flexibility index (Phi) is 7.10. The van der Waals surface area contributed by atoms with E-state index in [1.807, 2.05) is 102 Å². The summed E-state index contributed by atoms with van der Waals surface area (Å²) in [6.45, 7) is 14.9. The van der Waals surface area contributed by atoms with Gasteiger partial charge in [0.1, 0.15) is 0 Å². The fourth-order valence-electron chi connectivity index (χ4n) is 4.31. The summed E-state index contributed by atoms with van der Waals surface area (Å²) in [7, 11) is -0.584. The molecule has 1 aliphatic carbocycles. The normalized spacial score (nSPS) is 18.7. The van der Waals surface area contributed by atoms with Gasteiger partial charge < -0.3 is 19.5 Å². The van der Waals surface area contributed by atoms with Crippen molar-refractivity contribution < 1.29 is 18.9 Å². The molecule has 2 aromatic carbocycles. The van der Waals surface area contributed by atoms with Gasteiger partial charge in [0.15, 0.2) is 0 Å². The molecule has 2 aromatic rings. The third-order valence-electron chi connectivity index (χ3n) is 7.22. The van der Waals surface area contributed by atoms with Crippen molar-refractivity contribution in [2.45, 2.75) is 91.1 Å². The van der Waals surface area contributed by atoms with Crippen LogP contribution in [-0.2, 0) is 27.2 Å². The predicted molar refractivity (Wildman–Crippen MR) is 143 cm³/mol. The van der Waals surface area contributed by atoms with Crippen LogP contribution < -0.4 is 10.8 Å². The SMILES string of the molecule is CC(C)(C)NC(=O)c1ccc(B2OC(C)(C)C(C)(C)O2)c(CN(Cc2ccccc2)C(=O)C2CC2)c1. The molecule has 1 saturated heterocycles. The Balaban J connectivity index is 1.70. The Labute approximate surface area is 215 Å². The molecule has 192 valence electrons. The van der Waals surface area contributed by atoms with Gasteiger partial charge in [0, 0.05) is 30.1 Å². The van der Waals surface area contributed by atoms with E-state index in [9.17, 15) is 9.59 Å². The average Bonchev–Trinajstić information content (AvgIpc) is 3.59. The maximum absolute atomic E-state index is 13.3. The summed E-state index contributed by atoms with van der Waals surface area (Å²) in [4.78, 5) is 28.3.